The standard InChI is InChI=1S/C16H21N3OS/c1-10-3-5-11(6-4-10)19(2)16(20)15-14(17)12-7-8-18-9-13(12)21-15/h7-11H,3-6,17H2,1-2H3. The fourth-order valence-corrected chi connectivity index (χ4v) is 4.16. The maximum absolute atomic E-state index is 12.8. The third kappa shape index (κ3) is 2.62. The zero-order valence-corrected chi connectivity index (χ0v) is 13.3. The number of nitrogen functional groups attached to an aromatic ring is 1. The molecule has 2 N–H and O–H groups in total. The average Bonchev–Trinajstić information content (AvgIpc) is 2.84. The van der Waals surface area contributed by atoms with E-state index in [2.05, 4.69) is 11.9 Å². The highest BCUT2D eigenvalue weighted by molar-refractivity contribution is 7.21. The third-order valence-electron chi connectivity index (χ3n) is 4.58. The topological polar surface area (TPSA) is 59.2 Å². The van der Waals surface area contributed by atoms with Gasteiger partial charge >= 0.3 is 0 Å². The number of amides is 1. The second kappa shape index (κ2) is 5.64. The average molecular weight is 303 g/mol. The minimum absolute atomic E-state index is 0.0493. The van der Waals surface area contributed by atoms with Crippen molar-refractivity contribution in [3.8, 4) is 0 Å². The van der Waals surface area contributed by atoms with Crippen LogP contribution < -0.4 is 5.73 Å². The van der Waals surface area contributed by atoms with E-state index in [0.29, 0.717) is 16.6 Å². The maximum Gasteiger partial charge on any atom is 0.266 e. The lowest BCUT2D eigenvalue weighted by atomic mass is 9.87. The molecule has 1 amide bonds. The highest BCUT2D eigenvalue weighted by atomic mass is 32.1. The minimum atomic E-state index is 0.0493. The number of hydrogen-bond acceptors (Lipinski definition) is 4. The zero-order chi connectivity index (χ0) is 15.0. The fraction of sp³-hybridized carbons (Fsp3) is 0.500. The van der Waals surface area contributed by atoms with Crippen LogP contribution in [0.2, 0.25) is 0 Å². The Kier molecular flexibility index (Phi) is 3.85. The van der Waals surface area contributed by atoms with Gasteiger partial charge in [-0.2, -0.15) is 0 Å². The molecule has 4 nitrogen and oxygen atoms in total. The molecule has 2 aromatic rings. The summed E-state index contributed by atoms with van der Waals surface area (Å²) in [5.41, 5.74) is 6.76. The summed E-state index contributed by atoms with van der Waals surface area (Å²) >= 11 is 1.45. The van der Waals surface area contributed by atoms with Crippen molar-refractivity contribution < 1.29 is 4.79 Å². The van der Waals surface area contributed by atoms with Crippen molar-refractivity contribution in [1.29, 1.82) is 0 Å². The molecule has 3 rings (SSSR count). The fourth-order valence-electron chi connectivity index (χ4n) is 3.09. The van der Waals surface area contributed by atoms with Crippen molar-refractivity contribution in [3.63, 3.8) is 0 Å². The maximum atomic E-state index is 12.8. The number of fused-ring (bicyclic) bond motifs is 1. The molecule has 2 aromatic heterocycles. The Morgan fingerprint density at radius 2 is 2.10 bits per heavy atom. The largest absolute Gasteiger partial charge is 0.397 e. The van der Waals surface area contributed by atoms with Gasteiger partial charge in [0.25, 0.3) is 5.91 Å². The number of nitrogens with two attached hydrogens (primary N) is 1. The number of nitrogens with zero attached hydrogens (tertiary/aromatic N) is 2. The van der Waals surface area contributed by atoms with Gasteiger partial charge in [-0.15, -0.1) is 11.3 Å². The Hall–Kier alpha value is -1.62. The summed E-state index contributed by atoms with van der Waals surface area (Å²) in [5.74, 6) is 0.832. The van der Waals surface area contributed by atoms with Gasteiger partial charge in [0.1, 0.15) is 4.88 Å². The Morgan fingerprint density at radius 3 is 2.76 bits per heavy atom. The summed E-state index contributed by atoms with van der Waals surface area (Å²) in [6, 6.07) is 2.22. The first-order valence-corrected chi connectivity index (χ1v) is 8.28. The second-order valence-corrected chi connectivity index (χ2v) is 7.10. The summed E-state index contributed by atoms with van der Waals surface area (Å²) < 4.78 is 0.976. The van der Waals surface area contributed by atoms with Crippen LogP contribution in [0.3, 0.4) is 0 Å². The summed E-state index contributed by atoms with van der Waals surface area (Å²) in [6.07, 6.45) is 8.08. The number of pyridine rings is 1. The molecule has 1 saturated carbocycles. The molecular formula is C16H21N3OS. The number of hydrogen-bond donors (Lipinski definition) is 1. The van der Waals surface area contributed by atoms with Gasteiger partial charge in [-0.3, -0.25) is 9.78 Å². The van der Waals surface area contributed by atoms with Crippen molar-refractivity contribution in [2.24, 2.45) is 5.92 Å². The van der Waals surface area contributed by atoms with E-state index in [4.69, 9.17) is 5.73 Å². The normalized spacial score (nSPS) is 22.4. The predicted octanol–water partition coefficient (Wildman–Crippen LogP) is 3.53. The van der Waals surface area contributed by atoms with Gasteiger partial charge < -0.3 is 10.6 Å². The first-order valence-electron chi connectivity index (χ1n) is 7.47. The molecule has 21 heavy (non-hydrogen) atoms. The second-order valence-electron chi connectivity index (χ2n) is 6.05. The molecule has 112 valence electrons. The predicted molar refractivity (Wildman–Crippen MR) is 87.5 cm³/mol. The zero-order valence-electron chi connectivity index (χ0n) is 12.5. The van der Waals surface area contributed by atoms with Crippen molar-refractivity contribution in [2.45, 2.75) is 38.6 Å². The Morgan fingerprint density at radius 1 is 1.38 bits per heavy atom. The number of carbonyl (C=O) groups is 1. The highest BCUT2D eigenvalue weighted by Crippen LogP contribution is 2.35. The Labute approximate surface area is 129 Å². The van der Waals surface area contributed by atoms with Gasteiger partial charge in [0, 0.05) is 30.9 Å². The molecule has 0 saturated heterocycles. The van der Waals surface area contributed by atoms with Crippen molar-refractivity contribution in [2.75, 3.05) is 12.8 Å². The molecule has 2 heterocycles. The molecule has 0 bridgehead atoms. The first kappa shape index (κ1) is 14.3. The lowest BCUT2D eigenvalue weighted by Gasteiger charge is -2.33. The van der Waals surface area contributed by atoms with Crippen molar-refractivity contribution in [3.05, 3.63) is 23.3 Å². The lowest BCUT2D eigenvalue weighted by Crippen LogP contribution is -2.39. The SMILES string of the molecule is CC1CCC(N(C)C(=O)c2sc3cnccc3c2N)CC1. The minimum Gasteiger partial charge on any atom is -0.397 e. The van der Waals surface area contributed by atoms with E-state index < -0.39 is 0 Å². The first-order chi connectivity index (χ1) is 10.1. The highest BCUT2D eigenvalue weighted by Gasteiger charge is 2.27. The molecule has 0 atom stereocenters. The summed E-state index contributed by atoms with van der Waals surface area (Å²) in [5, 5.41) is 0.934. The number of rotatable bonds is 2. The summed E-state index contributed by atoms with van der Waals surface area (Å²) in [7, 11) is 1.91. The Balaban J connectivity index is 1.84. The van der Waals surface area contributed by atoms with E-state index >= 15 is 0 Å². The number of thiophene rings is 1. The van der Waals surface area contributed by atoms with Crippen LogP contribution >= 0.6 is 11.3 Å². The molecule has 1 fully saturated rings. The monoisotopic (exact) mass is 303 g/mol. The van der Waals surface area contributed by atoms with Crippen LogP contribution in [-0.4, -0.2) is 28.9 Å². The van der Waals surface area contributed by atoms with Gasteiger partial charge in [0.05, 0.1) is 10.4 Å². The van der Waals surface area contributed by atoms with Crippen LogP contribution in [0, 0.1) is 5.92 Å². The number of carbonyl (C=O) groups excluding carboxylic acids is 1. The number of aromatic nitrogens is 1. The molecule has 0 unspecified atom stereocenters. The summed E-state index contributed by atoms with van der Waals surface area (Å²) in [4.78, 5) is 19.4. The lowest BCUT2D eigenvalue weighted by molar-refractivity contribution is 0.0685. The van der Waals surface area contributed by atoms with Crippen LogP contribution in [0.4, 0.5) is 5.69 Å². The van der Waals surface area contributed by atoms with Crippen molar-refractivity contribution >= 4 is 33.0 Å². The van der Waals surface area contributed by atoms with E-state index in [-0.39, 0.29) is 5.91 Å². The quantitative estimate of drug-likeness (QED) is 0.923. The van der Waals surface area contributed by atoms with Gasteiger partial charge in [-0.05, 0) is 37.7 Å². The van der Waals surface area contributed by atoms with Gasteiger partial charge in [-0.1, -0.05) is 6.92 Å². The molecule has 5 heteroatoms. The Bertz CT molecular complexity index is 659. The van der Waals surface area contributed by atoms with Crippen LogP contribution in [0.5, 0.6) is 0 Å². The van der Waals surface area contributed by atoms with Crippen LogP contribution in [-0.2, 0) is 0 Å². The summed E-state index contributed by atoms with van der Waals surface area (Å²) in [6.45, 7) is 2.29. The van der Waals surface area contributed by atoms with Crippen LogP contribution in [0.15, 0.2) is 18.5 Å². The van der Waals surface area contributed by atoms with Gasteiger partial charge in [0.2, 0.25) is 0 Å². The molecule has 1 aliphatic carbocycles. The van der Waals surface area contributed by atoms with E-state index in [1.54, 1.807) is 12.4 Å². The molecule has 0 radical (unpaired) electrons. The van der Waals surface area contributed by atoms with Crippen molar-refractivity contribution in [1.82, 2.24) is 9.88 Å². The molecule has 0 spiro atoms. The van der Waals surface area contributed by atoms with Crippen LogP contribution in [0.25, 0.3) is 10.1 Å². The number of anilines is 1. The smallest absolute Gasteiger partial charge is 0.266 e. The van der Waals surface area contributed by atoms with E-state index in [0.717, 1.165) is 28.8 Å². The van der Waals surface area contributed by atoms with Gasteiger partial charge in [-0.25, -0.2) is 0 Å². The van der Waals surface area contributed by atoms with Crippen LogP contribution in [0.1, 0.15) is 42.3 Å². The van der Waals surface area contributed by atoms with E-state index in [1.165, 1.54) is 24.2 Å². The van der Waals surface area contributed by atoms with E-state index in [9.17, 15) is 4.79 Å². The molecular weight excluding hydrogens is 282 g/mol. The molecule has 0 aliphatic heterocycles. The molecule has 0 aromatic carbocycles. The molecule has 1 aliphatic rings. The van der Waals surface area contributed by atoms with Gasteiger partial charge in [0.15, 0.2) is 0 Å². The third-order valence-corrected chi connectivity index (χ3v) is 5.72. The van der Waals surface area contributed by atoms with E-state index in [1.807, 2.05) is 18.0 Å².